The van der Waals surface area contributed by atoms with Crippen molar-refractivity contribution in [1.29, 1.82) is 0 Å². The van der Waals surface area contributed by atoms with Gasteiger partial charge in [0.05, 0.1) is 16.8 Å². The lowest BCUT2D eigenvalue weighted by Gasteiger charge is -2.14. The standard InChI is InChI=1S/C15H19NO2S/c1-3-13(17)12-7-5-6-8-14(12)18-9-11-10-19-15(4-2)16-11/h5-8,10,13,17H,3-4,9H2,1-2H3/t13-/m1/s1. The second-order valence-electron chi connectivity index (χ2n) is 4.34. The van der Waals surface area contributed by atoms with E-state index in [1.807, 2.05) is 36.6 Å². The van der Waals surface area contributed by atoms with Crippen LogP contribution in [0.3, 0.4) is 0 Å². The van der Waals surface area contributed by atoms with Crippen LogP contribution in [0.4, 0.5) is 0 Å². The van der Waals surface area contributed by atoms with Crippen LogP contribution in [0.25, 0.3) is 0 Å². The Hall–Kier alpha value is -1.39. The van der Waals surface area contributed by atoms with Crippen LogP contribution >= 0.6 is 11.3 Å². The van der Waals surface area contributed by atoms with Crippen LogP contribution in [-0.4, -0.2) is 10.1 Å². The molecule has 1 heterocycles. The molecule has 0 fully saturated rings. The number of aliphatic hydroxyl groups excluding tert-OH is 1. The van der Waals surface area contributed by atoms with Gasteiger partial charge in [-0.2, -0.15) is 0 Å². The monoisotopic (exact) mass is 277 g/mol. The number of rotatable bonds is 6. The predicted molar refractivity (Wildman–Crippen MR) is 77.5 cm³/mol. The van der Waals surface area contributed by atoms with Crippen LogP contribution in [0.2, 0.25) is 0 Å². The zero-order valence-corrected chi connectivity index (χ0v) is 12.1. The molecule has 0 saturated heterocycles. The van der Waals surface area contributed by atoms with E-state index in [2.05, 4.69) is 11.9 Å². The van der Waals surface area contributed by atoms with Gasteiger partial charge < -0.3 is 9.84 Å². The van der Waals surface area contributed by atoms with E-state index >= 15 is 0 Å². The fraction of sp³-hybridized carbons (Fsp3) is 0.400. The topological polar surface area (TPSA) is 42.4 Å². The molecule has 1 N–H and O–H groups in total. The van der Waals surface area contributed by atoms with Gasteiger partial charge >= 0.3 is 0 Å². The van der Waals surface area contributed by atoms with Crippen LogP contribution in [0.15, 0.2) is 29.6 Å². The van der Waals surface area contributed by atoms with E-state index in [0.717, 1.165) is 28.4 Å². The average molecular weight is 277 g/mol. The summed E-state index contributed by atoms with van der Waals surface area (Å²) in [5.74, 6) is 0.739. The van der Waals surface area contributed by atoms with Gasteiger partial charge in [0.1, 0.15) is 12.4 Å². The molecule has 0 aliphatic carbocycles. The summed E-state index contributed by atoms with van der Waals surface area (Å²) in [5.41, 5.74) is 1.79. The summed E-state index contributed by atoms with van der Waals surface area (Å²) in [5, 5.41) is 13.1. The minimum absolute atomic E-state index is 0.448. The molecule has 0 aliphatic rings. The second kappa shape index (κ2) is 6.68. The lowest BCUT2D eigenvalue weighted by Crippen LogP contribution is -2.02. The van der Waals surface area contributed by atoms with E-state index in [1.165, 1.54) is 0 Å². The van der Waals surface area contributed by atoms with Gasteiger partial charge in [-0.3, -0.25) is 0 Å². The van der Waals surface area contributed by atoms with Crippen molar-refractivity contribution in [3.05, 3.63) is 45.9 Å². The van der Waals surface area contributed by atoms with E-state index in [-0.39, 0.29) is 0 Å². The minimum Gasteiger partial charge on any atom is -0.487 e. The highest BCUT2D eigenvalue weighted by molar-refractivity contribution is 7.09. The summed E-state index contributed by atoms with van der Waals surface area (Å²) in [7, 11) is 0. The number of hydrogen-bond donors (Lipinski definition) is 1. The Labute approximate surface area is 117 Å². The van der Waals surface area contributed by atoms with Crippen LogP contribution < -0.4 is 4.74 Å². The van der Waals surface area contributed by atoms with Crippen molar-refractivity contribution in [2.75, 3.05) is 0 Å². The van der Waals surface area contributed by atoms with Gasteiger partial charge in [-0.15, -0.1) is 11.3 Å². The molecule has 0 amide bonds. The first-order chi connectivity index (χ1) is 9.24. The molecular weight excluding hydrogens is 258 g/mol. The summed E-state index contributed by atoms with van der Waals surface area (Å²) < 4.78 is 5.79. The fourth-order valence-corrected chi connectivity index (χ4v) is 2.57. The van der Waals surface area contributed by atoms with E-state index < -0.39 is 6.10 Å². The van der Waals surface area contributed by atoms with E-state index in [4.69, 9.17) is 4.74 Å². The molecule has 2 aromatic rings. The van der Waals surface area contributed by atoms with Gasteiger partial charge in [0, 0.05) is 10.9 Å². The van der Waals surface area contributed by atoms with Gasteiger partial charge in [0.15, 0.2) is 0 Å². The van der Waals surface area contributed by atoms with E-state index in [9.17, 15) is 5.11 Å². The zero-order chi connectivity index (χ0) is 13.7. The first-order valence-corrected chi connectivity index (χ1v) is 7.45. The lowest BCUT2D eigenvalue weighted by molar-refractivity contribution is 0.166. The highest BCUT2D eigenvalue weighted by atomic mass is 32.1. The van der Waals surface area contributed by atoms with Crippen molar-refractivity contribution < 1.29 is 9.84 Å². The van der Waals surface area contributed by atoms with Crippen LogP contribution in [0.1, 0.15) is 42.6 Å². The molecular formula is C15H19NO2S. The molecule has 19 heavy (non-hydrogen) atoms. The average Bonchev–Trinajstić information content (AvgIpc) is 2.92. The van der Waals surface area contributed by atoms with Crippen molar-refractivity contribution in [1.82, 2.24) is 4.98 Å². The third kappa shape index (κ3) is 3.55. The predicted octanol–water partition coefficient (Wildman–Crippen LogP) is 3.73. The molecule has 0 saturated carbocycles. The van der Waals surface area contributed by atoms with Gasteiger partial charge in [-0.1, -0.05) is 32.0 Å². The maximum atomic E-state index is 9.96. The Balaban J connectivity index is 2.06. The third-order valence-electron chi connectivity index (χ3n) is 2.94. The molecule has 0 spiro atoms. The van der Waals surface area contributed by atoms with E-state index in [1.54, 1.807) is 11.3 Å². The van der Waals surface area contributed by atoms with Gasteiger partial charge in [-0.25, -0.2) is 4.98 Å². The molecule has 4 heteroatoms. The van der Waals surface area contributed by atoms with Crippen molar-refractivity contribution >= 4 is 11.3 Å². The molecule has 0 bridgehead atoms. The molecule has 1 atom stereocenters. The normalized spacial score (nSPS) is 12.4. The summed E-state index contributed by atoms with van der Waals surface area (Å²) in [6, 6.07) is 7.63. The third-order valence-corrected chi connectivity index (χ3v) is 3.98. The Morgan fingerprint density at radius 3 is 2.79 bits per heavy atom. The molecule has 0 radical (unpaired) electrons. The number of aliphatic hydroxyl groups is 1. The van der Waals surface area contributed by atoms with Crippen LogP contribution in [-0.2, 0) is 13.0 Å². The molecule has 0 aliphatic heterocycles. The quantitative estimate of drug-likeness (QED) is 0.875. The number of aryl methyl sites for hydroxylation is 1. The van der Waals surface area contributed by atoms with Crippen LogP contribution in [0.5, 0.6) is 5.75 Å². The van der Waals surface area contributed by atoms with Crippen molar-refractivity contribution in [3.8, 4) is 5.75 Å². The maximum Gasteiger partial charge on any atom is 0.131 e. The maximum absolute atomic E-state index is 9.96. The number of hydrogen-bond acceptors (Lipinski definition) is 4. The molecule has 3 nitrogen and oxygen atoms in total. The number of para-hydroxylation sites is 1. The SMILES string of the molecule is CCc1nc(COc2ccccc2[C@H](O)CC)cs1. The highest BCUT2D eigenvalue weighted by Crippen LogP contribution is 2.27. The van der Waals surface area contributed by atoms with Gasteiger partial charge in [0.2, 0.25) is 0 Å². The smallest absolute Gasteiger partial charge is 0.131 e. The van der Waals surface area contributed by atoms with E-state index in [0.29, 0.717) is 13.0 Å². The summed E-state index contributed by atoms with van der Waals surface area (Å²) in [6.45, 7) is 4.50. The van der Waals surface area contributed by atoms with Gasteiger partial charge in [-0.05, 0) is 18.9 Å². The van der Waals surface area contributed by atoms with Crippen LogP contribution in [0, 0.1) is 0 Å². The van der Waals surface area contributed by atoms with Gasteiger partial charge in [0.25, 0.3) is 0 Å². The summed E-state index contributed by atoms with van der Waals surface area (Å²) in [4.78, 5) is 4.47. The largest absolute Gasteiger partial charge is 0.487 e. The molecule has 1 aromatic heterocycles. The first-order valence-electron chi connectivity index (χ1n) is 6.57. The lowest BCUT2D eigenvalue weighted by atomic mass is 10.1. The number of aromatic nitrogens is 1. The second-order valence-corrected chi connectivity index (χ2v) is 5.28. The molecule has 1 aromatic carbocycles. The van der Waals surface area contributed by atoms with Crippen molar-refractivity contribution in [2.45, 2.75) is 39.4 Å². The fourth-order valence-electron chi connectivity index (χ4n) is 1.84. The molecule has 0 unspecified atom stereocenters. The zero-order valence-electron chi connectivity index (χ0n) is 11.3. The summed E-state index contributed by atoms with van der Waals surface area (Å²) in [6.07, 6.45) is 1.16. The number of thiazole rings is 1. The Morgan fingerprint density at radius 2 is 2.11 bits per heavy atom. The number of benzene rings is 1. The van der Waals surface area contributed by atoms with Crippen molar-refractivity contribution in [2.24, 2.45) is 0 Å². The minimum atomic E-state index is -0.474. The number of ether oxygens (including phenoxy) is 1. The number of nitrogens with zero attached hydrogens (tertiary/aromatic N) is 1. The Kier molecular flexibility index (Phi) is 4.93. The Bertz CT molecular complexity index is 524. The highest BCUT2D eigenvalue weighted by Gasteiger charge is 2.11. The molecule has 102 valence electrons. The molecule has 2 rings (SSSR count). The summed E-state index contributed by atoms with van der Waals surface area (Å²) >= 11 is 1.66. The Morgan fingerprint density at radius 1 is 1.32 bits per heavy atom. The van der Waals surface area contributed by atoms with Crippen molar-refractivity contribution in [3.63, 3.8) is 0 Å². The first kappa shape index (κ1) is 14.0.